The number of esters is 2. The molecule has 0 bridgehead atoms. The number of ether oxygens (including phenoxy) is 2. The van der Waals surface area contributed by atoms with Crippen molar-refractivity contribution in [2.24, 2.45) is 0 Å². The minimum Gasteiger partial charge on any atom is -0.756 e. The van der Waals surface area contributed by atoms with Crippen LogP contribution in [0.5, 0.6) is 0 Å². The number of rotatable bonds is 38. The molecule has 0 aliphatic rings. The molecule has 0 aromatic carbocycles. The average Bonchev–Trinajstić information content (AvgIpc) is 3.46. The lowest BCUT2D eigenvalue weighted by Gasteiger charge is -2.28. The largest absolute Gasteiger partial charge is 0.756 e. The summed E-state index contributed by atoms with van der Waals surface area (Å²) in [4.78, 5) is 37.6. The van der Waals surface area contributed by atoms with Crippen LogP contribution in [0.25, 0.3) is 0 Å². The van der Waals surface area contributed by atoms with Gasteiger partial charge in [-0.25, -0.2) is 0 Å². The van der Waals surface area contributed by atoms with Gasteiger partial charge in [-0.2, -0.15) is 0 Å². The zero-order valence-electron chi connectivity index (χ0n) is 38.3. The molecule has 11 nitrogen and oxygen atoms in total. The molecule has 0 spiro atoms. The van der Waals surface area contributed by atoms with E-state index in [1.807, 2.05) is 27.2 Å². The third-order valence-electron chi connectivity index (χ3n) is 10.1. The summed E-state index contributed by atoms with van der Waals surface area (Å²) >= 11 is 0. The topological polar surface area (TPSA) is 145 Å². The van der Waals surface area contributed by atoms with Crippen LogP contribution < -0.4 is 4.89 Å². The van der Waals surface area contributed by atoms with E-state index in [1.165, 1.54) is 24.0 Å². The van der Waals surface area contributed by atoms with E-state index < -0.39 is 32.5 Å². The van der Waals surface area contributed by atoms with Crippen molar-refractivity contribution in [3.8, 4) is 0 Å². The molecule has 12 heteroatoms. The summed E-state index contributed by atoms with van der Waals surface area (Å²) in [7, 11) is 1.09. The van der Waals surface area contributed by atoms with E-state index >= 15 is 0 Å². The number of carbonyl (C=O) groups excluding carboxylic acids is 2. The summed E-state index contributed by atoms with van der Waals surface area (Å²) in [6.45, 7) is 6.37. The predicted molar refractivity (Wildman–Crippen MR) is 240 cm³/mol. The molecule has 1 heterocycles. The van der Waals surface area contributed by atoms with Gasteiger partial charge in [0.15, 0.2) is 6.10 Å². The summed E-state index contributed by atoms with van der Waals surface area (Å²) in [6, 6.07) is 0. The van der Waals surface area contributed by atoms with Crippen LogP contribution in [0.1, 0.15) is 158 Å². The molecule has 0 aliphatic heterocycles. The standard InChI is InChI=1S/C48H82NO10P/c1-7-33-45-42(2)43(3)46(59-45)34-29-25-21-18-19-23-27-31-36-48(52)58-44(41-57-60(53,54)56-39-37-49(4,5)6)40-55-47(51)35-30-26-22-17-15-13-11-9-8-10-12-14-16-20-24-28-32-38-50/h8,10-11,13-14,16-17,22,44,50H,7,9,12,15,18-21,23-41H2,1-6H3/b10-8-,13-11-,16-14-,22-17-/t44-/m1/s1. The molecule has 1 rings (SSSR count). The Hall–Kier alpha value is -2.79. The maximum absolute atomic E-state index is 12.7. The monoisotopic (exact) mass is 864 g/mol. The SMILES string of the molecule is CCCc1oc(CCCCCCCCCCC(=O)O[C@H](COC(=O)CCC/C=C\C/C=C\C/C=C\C/C=C\CCCCCO)COP(=O)([O-])OCC[N+](C)(C)C)c(C)c1C. The van der Waals surface area contributed by atoms with Crippen LogP contribution in [0.3, 0.4) is 0 Å². The Labute approximate surface area is 363 Å². The lowest BCUT2D eigenvalue weighted by molar-refractivity contribution is -0.870. The lowest BCUT2D eigenvalue weighted by atomic mass is 10.0. The number of aryl methyl sites for hydroxylation is 2. The van der Waals surface area contributed by atoms with Crippen LogP contribution in [0.2, 0.25) is 0 Å². The number of aliphatic hydroxyl groups is 1. The summed E-state index contributed by atoms with van der Waals surface area (Å²) in [6.07, 6.45) is 35.8. The van der Waals surface area contributed by atoms with Crippen LogP contribution in [0.4, 0.5) is 0 Å². The first-order valence-electron chi connectivity index (χ1n) is 22.8. The van der Waals surface area contributed by atoms with Crippen LogP contribution in [0.15, 0.2) is 53.0 Å². The molecule has 0 amide bonds. The van der Waals surface area contributed by atoms with E-state index in [0.29, 0.717) is 30.3 Å². The molecule has 1 N–H and O–H groups in total. The number of unbranched alkanes of at least 4 members (excludes halogenated alkanes) is 11. The third-order valence-corrected chi connectivity index (χ3v) is 11.0. The summed E-state index contributed by atoms with van der Waals surface area (Å²) < 4.78 is 40.0. The number of quaternary nitrogens is 1. The number of aliphatic hydroxyl groups excluding tert-OH is 1. The van der Waals surface area contributed by atoms with Crippen LogP contribution in [-0.4, -0.2) is 81.7 Å². The van der Waals surface area contributed by atoms with Crippen molar-refractivity contribution in [1.82, 2.24) is 0 Å². The minimum absolute atomic E-state index is 0.0529. The van der Waals surface area contributed by atoms with Gasteiger partial charge < -0.3 is 37.4 Å². The highest BCUT2D eigenvalue weighted by Crippen LogP contribution is 2.38. The molecule has 0 saturated carbocycles. The van der Waals surface area contributed by atoms with E-state index in [-0.39, 0.29) is 32.7 Å². The van der Waals surface area contributed by atoms with E-state index in [0.717, 1.165) is 108 Å². The Kier molecular flexibility index (Phi) is 32.0. The number of nitrogens with zero attached hydrogens (tertiary/aromatic N) is 1. The van der Waals surface area contributed by atoms with Gasteiger partial charge in [-0.05, 0) is 95.6 Å². The molecule has 60 heavy (non-hydrogen) atoms. The maximum atomic E-state index is 12.7. The van der Waals surface area contributed by atoms with Gasteiger partial charge in [-0.15, -0.1) is 0 Å². The molecule has 1 aromatic heterocycles. The van der Waals surface area contributed by atoms with Gasteiger partial charge in [-0.3, -0.25) is 14.2 Å². The van der Waals surface area contributed by atoms with Crippen molar-refractivity contribution in [1.29, 1.82) is 0 Å². The van der Waals surface area contributed by atoms with Crippen molar-refractivity contribution in [3.63, 3.8) is 0 Å². The van der Waals surface area contributed by atoms with Gasteiger partial charge in [0.05, 0.1) is 27.7 Å². The van der Waals surface area contributed by atoms with Crippen LogP contribution in [-0.2, 0) is 45.5 Å². The van der Waals surface area contributed by atoms with Crippen molar-refractivity contribution in [2.45, 2.75) is 168 Å². The average molecular weight is 864 g/mol. The molecule has 0 saturated heterocycles. The number of hydrogen-bond donors (Lipinski definition) is 1. The molecule has 0 aliphatic carbocycles. The number of likely N-dealkylation sites (N-methyl/N-ethyl adjacent to an activating group) is 1. The predicted octanol–water partition coefficient (Wildman–Crippen LogP) is 10.7. The van der Waals surface area contributed by atoms with Gasteiger partial charge in [-0.1, -0.05) is 100 Å². The zero-order chi connectivity index (χ0) is 44.3. The molecule has 344 valence electrons. The number of allylic oxidation sites excluding steroid dienone is 8. The molecule has 0 fully saturated rings. The highest BCUT2D eigenvalue weighted by Gasteiger charge is 2.22. The maximum Gasteiger partial charge on any atom is 0.306 e. The van der Waals surface area contributed by atoms with Gasteiger partial charge in [0, 0.05) is 32.3 Å². The summed E-state index contributed by atoms with van der Waals surface area (Å²) in [5.41, 5.74) is 2.61. The van der Waals surface area contributed by atoms with E-state index in [2.05, 4.69) is 63.3 Å². The second-order valence-corrected chi connectivity index (χ2v) is 18.1. The second kappa shape index (κ2) is 34.8. The Morgan fingerprint density at radius 2 is 1.20 bits per heavy atom. The number of carbonyl (C=O) groups is 2. The van der Waals surface area contributed by atoms with Gasteiger partial charge in [0.25, 0.3) is 7.82 Å². The van der Waals surface area contributed by atoms with Crippen molar-refractivity contribution < 1.29 is 51.6 Å². The van der Waals surface area contributed by atoms with Gasteiger partial charge >= 0.3 is 11.9 Å². The fraction of sp³-hybridized carbons (Fsp3) is 0.708. The number of hydrogen-bond acceptors (Lipinski definition) is 10. The van der Waals surface area contributed by atoms with Crippen molar-refractivity contribution in [2.75, 3.05) is 54.1 Å². The molecule has 0 radical (unpaired) electrons. The first-order valence-corrected chi connectivity index (χ1v) is 24.3. The number of phosphoric acid groups is 1. The first kappa shape index (κ1) is 55.2. The van der Waals surface area contributed by atoms with E-state index in [9.17, 15) is 19.0 Å². The Bertz CT molecular complexity index is 1440. The molecular formula is C48H82NO10P. The van der Waals surface area contributed by atoms with Crippen molar-refractivity contribution in [3.05, 3.63) is 71.3 Å². The second-order valence-electron chi connectivity index (χ2n) is 16.7. The van der Waals surface area contributed by atoms with Crippen LogP contribution in [0, 0.1) is 13.8 Å². The van der Waals surface area contributed by atoms with Crippen LogP contribution >= 0.6 is 7.82 Å². The quantitative estimate of drug-likeness (QED) is 0.0224. The number of phosphoric ester groups is 1. The van der Waals surface area contributed by atoms with E-state index in [1.54, 1.807) is 0 Å². The highest BCUT2D eigenvalue weighted by atomic mass is 31.2. The molecule has 1 unspecified atom stereocenters. The fourth-order valence-corrected chi connectivity index (χ4v) is 6.99. The Morgan fingerprint density at radius 1 is 0.683 bits per heavy atom. The molecule has 1 aromatic rings. The van der Waals surface area contributed by atoms with Gasteiger partial charge in [0.1, 0.15) is 31.3 Å². The summed E-state index contributed by atoms with van der Waals surface area (Å²) in [5, 5.41) is 8.80. The lowest BCUT2D eigenvalue weighted by Crippen LogP contribution is -2.37. The minimum atomic E-state index is -4.66. The zero-order valence-corrected chi connectivity index (χ0v) is 39.2. The Balaban J connectivity index is 2.37. The highest BCUT2D eigenvalue weighted by molar-refractivity contribution is 7.45. The summed E-state index contributed by atoms with van der Waals surface area (Å²) in [5.74, 6) is 1.34. The third kappa shape index (κ3) is 31.1. The van der Waals surface area contributed by atoms with E-state index in [4.69, 9.17) is 28.0 Å². The van der Waals surface area contributed by atoms with Gasteiger partial charge in [0.2, 0.25) is 0 Å². The molecular weight excluding hydrogens is 781 g/mol. The first-order chi connectivity index (χ1) is 28.8. The fourth-order valence-electron chi connectivity index (χ4n) is 6.26. The smallest absolute Gasteiger partial charge is 0.306 e. The normalized spacial score (nSPS) is 13.9. The Morgan fingerprint density at radius 3 is 1.78 bits per heavy atom. The van der Waals surface area contributed by atoms with Crippen molar-refractivity contribution >= 4 is 19.8 Å². The molecule has 2 atom stereocenters. The number of furan rings is 1.